The Morgan fingerprint density at radius 3 is 2.55 bits per heavy atom. The third-order valence-electron chi connectivity index (χ3n) is 5.26. The predicted molar refractivity (Wildman–Crippen MR) is 82.9 cm³/mol. The summed E-state index contributed by atoms with van der Waals surface area (Å²) in [5, 5.41) is 12.4. The fourth-order valence-corrected chi connectivity index (χ4v) is 3.56. The highest BCUT2D eigenvalue weighted by molar-refractivity contribution is 5.78. The third kappa shape index (κ3) is 3.95. The maximum absolute atomic E-state index is 11.5. The van der Waals surface area contributed by atoms with Gasteiger partial charge in [0.25, 0.3) is 0 Å². The zero-order valence-corrected chi connectivity index (χ0v) is 13.8. The standard InChI is InChI=1S/C16H32N2O2/c1-6-16(17-5,15(19)20)8-7-9-18-11-12(2)10-13(3)14(18)4/h12-14,17H,6-11H2,1-5H3,(H,19,20). The molecule has 0 aromatic carbocycles. The molecule has 4 heteroatoms. The van der Waals surface area contributed by atoms with E-state index >= 15 is 0 Å². The van der Waals surface area contributed by atoms with Crippen molar-refractivity contribution in [3.63, 3.8) is 0 Å². The summed E-state index contributed by atoms with van der Waals surface area (Å²) >= 11 is 0. The quantitative estimate of drug-likeness (QED) is 0.754. The molecule has 1 fully saturated rings. The van der Waals surface area contributed by atoms with E-state index < -0.39 is 11.5 Å². The van der Waals surface area contributed by atoms with Crippen LogP contribution in [0.4, 0.5) is 0 Å². The first kappa shape index (κ1) is 17.4. The van der Waals surface area contributed by atoms with Crippen LogP contribution >= 0.6 is 0 Å². The molecule has 0 aromatic heterocycles. The first-order valence-corrected chi connectivity index (χ1v) is 8.02. The van der Waals surface area contributed by atoms with Gasteiger partial charge in [-0.05, 0) is 58.0 Å². The first-order valence-electron chi connectivity index (χ1n) is 8.02. The van der Waals surface area contributed by atoms with Crippen LogP contribution in [0.5, 0.6) is 0 Å². The molecule has 0 saturated carbocycles. The van der Waals surface area contributed by atoms with Crippen LogP contribution in [0, 0.1) is 11.8 Å². The van der Waals surface area contributed by atoms with Crippen molar-refractivity contribution in [2.24, 2.45) is 11.8 Å². The number of carboxylic acids is 1. The molecule has 0 radical (unpaired) electrons. The summed E-state index contributed by atoms with van der Waals surface area (Å²) in [6.45, 7) is 11.0. The number of aliphatic carboxylic acids is 1. The Labute approximate surface area is 123 Å². The van der Waals surface area contributed by atoms with Crippen molar-refractivity contribution in [2.45, 2.75) is 65.0 Å². The Kier molecular flexibility index (Phi) is 6.46. The molecule has 4 atom stereocenters. The molecule has 1 heterocycles. The molecule has 1 saturated heterocycles. The van der Waals surface area contributed by atoms with E-state index in [0.717, 1.165) is 31.3 Å². The zero-order valence-electron chi connectivity index (χ0n) is 13.8. The van der Waals surface area contributed by atoms with Crippen LogP contribution in [0.15, 0.2) is 0 Å². The van der Waals surface area contributed by atoms with Gasteiger partial charge in [0.1, 0.15) is 5.54 Å². The molecule has 20 heavy (non-hydrogen) atoms. The second-order valence-corrected chi connectivity index (χ2v) is 6.65. The van der Waals surface area contributed by atoms with Crippen molar-refractivity contribution < 1.29 is 9.90 Å². The van der Waals surface area contributed by atoms with E-state index in [9.17, 15) is 9.90 Å². The predicted octanol–water partition coefficient (Wildman–Crippen LogP) is 2.59. The van der Waals surface area contributed by atoms with E-state index in [1.165, 1.54) is 6.42 Å². The second kappa shape index (κ2) is 7.41. The van der Waals surface area contributed by atoms with Crippen LogP contribution < -0.4 is 5.32 Å². The van der Waals surface area contributed by atoms with Crippen LogP contribution in [0.2, 0.25) is 0 Å². The zero-order chi connectivity index (χ0) is 15.3. The van der Waals surface area contributed by atoms with Crippen LogP contribution in [0.25, 0.3) is 0 Å². The van der Waals surface area contributed by atoms with E-state index in [-0.39, 0.29) is 0 Å². The number of rotatable bonds is 7. The van der Waals surface area contributed by atoms with Gasteiger partial charge in [0.15, 0.2) is 0 Å². The Balaban J connectivity index is 2.52. The summed E-state index contributed by atoms with van der Waals surface area (Å²) in [5.41, 5.74) is -0.754. The smallest absolute Gasteiger partial charge is 0.323 e. The molecule has 4 unspecified atom stereocenters. The molecule has 0 amide bonds. The van der Waals surface area contributed by atoms with Crippen molar-refractivity contribution in [1.82, 2.24) is 10.2 Å². The second-order valence-electron chi connectivity index (χ2n) is 6.65. The summed E-state index contributed by atoms with van der Waals surface area (Å²) in [7, 11) is 1.76. The average molecular weight is 284 g/mol. The highest BCUT2D eigenvalue weighted by atomic mass is 16.4. The van der Waals surface area contributed by atoms with E-state index in [2.05, 4.69) is 31.0 Å². The summed E-state index contributed by atoms with van der Waals surface area (Å²) in [5.74, 6) is 0.760. The Morgan fingerprint density at radius 1 is 1.40 bits per heavy atom. The lowest BCUT2D eigenvalue weighted by molar-refractivity contribution is -0.145. The van der Waals surface area contributed by atoms with Gasteiger partial charge in [0.05, 0.1) is 0 Å². The number of nitrogens with zero attached hydrogens (tertiary/aromatic N) is 1. The first-order chi connectivity index (χ1) is 9.36. The van der Waals surface area contributed by atoms with Gasteiger partial charge in [-0.25, -0.2) is 0 Å². The molecule has 118 valence electrons. The van der Waals surface area contributed by atoms with Gasteiger partial charge in [0.2, 0.25) is 0 Å². The van der Waals surface area contributed by atoms with Gasteiger partial charge in [-0.1, -0.05) is 20.8 Å². The Hall–Kier alpha value is -0.610. The highest BCUT2D eigenvalue weighted by Crippen LogP contribution is 2.27. The number of nitrogens with one attached hydrogen (secondary N) is 1. The summed E-state index contributed by atoms with van der Waals surface area (Å²) < 4.78 is 0. The Morgan fingerprint density at radius 2 is 2.05 bits per heavy atom. The largest absolute Gasteiger partial charge is 0.480 e. The highest BCUT2D eigenvalue weighted by Gasteiger charge is 2.35. The number of hydrogen-bond donors (Lipinski definition) is 2. The Bertz CT molecular complexity index is 316. The maximum atomic E-state index is 11.5. The van der Waals surface area contributed by atoms with Gasteiger partial charge in [0, 0.05) is 12.6 Å². The third-order valence-corrected chi connectivity index (χ3v) is 5.26. The molecular formula is C16H32N2O2. The van der Waals surface area contributed by atoms with E-state index in [1.54, 1.807) is 7.05 Å². The normalized spacial score (nSPS) is 30.9. The molecule has 0 bridgehead atoms. The molecule has 4 nitrogen and oxygen atoms in total. The molecular weight excluding hydrogens is 252 g/mol. The minimum absolute atomic E-state index is 0.613. The van der Waals surface area contributed by atoms with Gasteiger partial charge >= 0.3 is 5.97 Å². The van der Waals surface area contributed by atoms with E-state index in [4.69, 9.17) is 0 Å². The van der Waals surface area contributed by atoms with Crippen LogP contribution in [0.1, 0.15) is 53.4 Å². The molecule has 1 rings (SSSR count). The molecule has 0 aliphatic carbocycles. The summed E-state index contributed by atoms with van der Waals surface area (Å²) in [4.78, 5) is 14.0. The molecule has 0 spiro atoms. The van der Waals surface area contributed by atoms with Crippen LogP contribution in [-0.2, 0) is 4.79 Å². The maximum Gasteiger partial charge on any atom is 0.323 e. The number of carboxylic acid groups (broad SMARTS) is 1. The topological polar surface area (TPSA) is 52.6 Å². The van der Waals surface area contributed by atoms with Gasteiger partial charge in [-0.2, -0.15) is 0 Å². The number of likely N-dealkylation sites (tertiary alicyclic amines) is 1. The van der Waals surface area contributed by atoms with Crippen LogP contribution in [-0.4, -0.2) is 47.7 Å². The number of likely N-dealkylation sites (N-methyl/N-ethyl adjacent to an activating group) is 1. The van der Waals surface area contributed by atoms with Crippen molar-refractivity contribution in [2.75, 3.05) is 20.1 Å². The molecule has 0 aromatic rings. The lowest BCUT2D eigenvalue weighted by Gasteiger charge is -2.41. The minimum atomic E-state index is -0.754. The SMILES string of the molecule is CCC(CCCN1CC(C)CC(C)C1C)(NC)C(=O)O. The van der Waals surface area contributed by atoms with Gasteiger partial charge in [-0.3, -0.25) is 4.79 Å². The number of piperidine rings is 1. The van der Waals surface area contributed by atoms with Crippen molar-refractivity contribution in [1.29, 1.82) is 0 Å². The van der Waals surface area contributed by atoms with E-state index in [1.807, 2.05) is 6.92 Å². The lowest BCUT2D eigenvalue weighted by Crippen LogP contribution is -2.51. The molecule has 2 N–H and O–H groups in total. The van der Waals surface area contributed by atoms with Crippen molar-refractivity contribution >= 4 is 5.97 Å². The lowest BCUT2D eigenvalue weighted by atomic mass is 9.85. The molecule has 1 aliphatic rings. The van der Waals surface area contributed by atoms with Crippen molar-refractivity contribution in [3.8, 4) is 0 Å². The van der Waals surface area contributed by atoms with Crippen LogP contribution in [0.3, 0.4) is 0 Å². The fraction of sp³-hybridized carbons (Fsp3) is 0.938. The van der Waals surface area contributed by atoms with Gasteiger partial charge < -0.3 is 15.3 Å². The summed E-state index contributed by atoms with van der Waals surface area (Å²) in [6.07, 6.45) is 3.56. The fourth-order valence-electron chi connectivity index (χ4n) is 3.56. The molecule has 1 aliphatic heterocycles. The number of carbonyl (C=O) groups is 1. The summed E-state index contributed by atoms with van der Waals surface area (Å²) in [6, 6.07) is 0.613. The van der Waals surface area contributed by atoms with Crippen molar-refractivity contribution in [3.05, 3.63) is 0 Å². The average Bonchev–Trinajstić information content (AvgIpc) is 2.40. The number of hydrogen-bond acceptors (Lipinski definition) is 3. The van der Waals surface area contributed by atoms with E-state index in [0.29, 0.717) is 18.9 Å². The van der Waals surface area contributed by atoms with Gasteiger partial charge in [-0.15, -0.1) is 0 Å². The minimum Gasteiger partial charge on any atom is -0.480 e. The monoisotopic (exact) mass is 284 g/mol.